The summed E-state index contributed by atoms with van der Waals surface area (Å²) in [5, 5.41) is 12.4. The normalized spacial score (nSPS) is 14.9. The minimum absolute atomic E-state index is 0.737. The fourth-order valence-corrected chi connectivity index (χ4v) is 3.08. The Bertz CT molecular complexity index is 523. The average Bonchev–Trinajstić information content (AvgIpc) is 3.06. The van der Waals surface area contributed by atoms with Crippen LogP contribution in [0, 0.1) is 6.92 Å². The van der Waals surface area contributed by atoms with Crippen molar-refractivity contribution < 1.29 is 0 Å². The zero-order chi connectivity index (χ0) is 12.4. The first kappa shape index (κ1) is 12.1. The summed E-state index contributed by atoms with van der Waals surface area (Å²) in [5.41, 5.74) is 4.19. The summed E-state index contributed by atoms with van der Waals surface area (Å²) >= 11 is 3.12. The third kappa shape index (κ3) is 3.07. The van der Waals surface area contributed by atoms with Crippen LogP contribution in [0.15, 0.2) is 27.1 Å². The van der Waals surface area contributed by atoms with Crippen molar-refractivity contribution in [3.8, 4) is 0 Å². The number of nitrogens with one attached hydrogen (secondary N) is 1. The van der Waals surface area contributed by atoms with Crippen LogP contribution in [0.1, 0.15) is 24.0 Å². The SMILES string of the molecule is Cc1cc(CNC2CC2)cnc1Sc1nncs1. The zero-order valence-corrected chi connectivity index (χ0v) is 11.7. The summed E-state index contributed by atoms with van der Waals surface area (Å²) in [4.78, 5) is 4.51. The number of hydrogen-bond acceptors (Lipinski definition) is 6. The molecule has 0 aliphatic heterocycles. The third-order valence-electron chi connectivity index (χ3n) is 2.78. The van der Waals surface area contributed by atoms with Crippen LogP contribution in [-0.2, 0) is 6.54 Å². The van der Waals surface area contributed by atoms with Crippen molar-refractivity contribution in [2.45, 2.75) is 41.7 Å². The highest BCUT2D eigenvalue weighted by atomic mass is 32.2. The first-order valence-corrected chi connectivity index (χ1v) is 7.64. The lowest BCUT2D eigenvalue weighted by atomic mass is 10.2. The molecule has 4 nitrogen and oxygen atoms in total. The van der Waals surface area contributed by atoms with Crippen LogP contribution >= 0.6 is 23.1 Å². The number of nitrogens with zero attached hydrogens (tertiary/aromatic N) is 3. The Balaban J connectivity index is 1.67. The second-order valence-corrected chi connectivity index (χ2v) is 6.50. The van der Waals surface area contributed by atoms with E-state index in [0.29, 0.717) is 0 Å². The van der Waals surface area contributed by atoms with E-state index in [0.717, 1.165) is 22.0 Å². The topological polar surface area (TPSA) is 50.7 Å². The van der Waals surface area contributed by atoms with Crippen molar-refractivity contribution in [3.05, 3.63) is 28.9 Å². The van der Waals surface area contributed by atoms with Gasteiger partial charge in [-0.05, 0) is 42.7 Å². The van der Waals surface area contributed by atoms with Gasteiger partial charge in [0.15, 0.2) is 4.34 Å². The van der Waals surface area contributed by atoms with E-state index >= 15 is 0 Å². The molecule has 2 aromatic rings. The lowest BCUT2D eigenvalue weighted by molar-refractivity contribution is 0.684. The van der Waals surface area contributed by atoms with Crippen molar-refractivity contribution in [1.29, 1.82) is 0 Å². The van der Waals surface area contributed by atoms with E-state index in [-0.39, 0.29) is 0 Å². The monoisotopic (exact) mass is 278 g/mol. The van der Waals surface area contributed by atoms with E-state index < -0.39 is 0 Å². The van der Waals surface area contributed by atoms with E-state index in [2.05, 4.69) is 33.5 Å². The smallest absolute Gasteiger partial charge is 0.180 e. The minimum Gasteiger partial charge on any atom is -0.310 e. The summed E-state index contributed by atoms with van der Waals surface area (Å²) in [5.74, 6) is 0. The Morgan fingerprint density at radius 3 is 3.06 bits per heavy atom. The lowest BCUT2D eigenvalue weighted by Crippen LogP contribution is -2.15. The molecule has 0 unspecified atom stereocenters. The molecule has 94 valence electrons. The van der Waals surface area contributed by atoms with Gasteiger partial charge in [0.25, 0.3) is 0 Å². The number of rotatable bonds is 5. The summed E-state index contributed by atoms with van der Waals surface area (Å²) in [6.07, 6.45) is 4.58. The molecule has 1 aliphatic rings. The first-order chi connectivity index (χ1) is 8.81. The molecule has 0 saturated heterocycles. The number of hydrogen-bond donors (Lipinski definition) is 1. The minimum atomic E-state index is 0.737. The molecule has 1 fully saturated rings. The van der Waals surface area contributed by atoms with Crippen molar-refractivity contribution >= 4 is 23.1 Å². The van der Waals surface area contributed by atoms with Crippen molar-refractivity contribution in [2.75, 3.05) is 0 Å². The van der Waals surface area contributed by atoms with Crippen LogP contribution in [0.2, 0.25) is 0 Å². The number of aryl methyl sites for hydroxylation is 1. The number of pyridine rings is 1. The van der Waals surface area contributed by atoms with Gasteiger partial charge in [0.05, 0.1) is 0 Å². The Hall–Kier alpha value is -0.980. The van der Waals surface area contributed by atoms with Gasteiger partial charge in [-0.15, -0.1) is 10.2 Å². The summed E-state index contributed by atoms with van der Waals surface area (Å²) in [6, 6.07) is 2.94. The molecule has 0 radical (unpaired) electrons. The van der Waals surface area contributed by atoms with Crippen LogP contribution in [0.4, 0.5) is 0 Å². The molecule has 0 bridgehead atoms. The van der Waals surface area contributed by atoms with Gasteiger partial charge in [0, 0.05) is 18.8 Å². The van der Waals surface area contributed by atoms with E-state index in [1.165, 1.54) is 24.0 Å². The van der Waals surface area contributed by atoms with Crippen LogP contribution in [0.3, 0.4) is 0 Å². The van der Waals surface area contributed by atoms with Crippen LogP contribution in [0.5, 0.6) is 0 Å². The van der Waals surface area contributed by atoms with Gasteiger partial charge in [-0.25, -0.2) is 4.98 Å². The second kappa shape index (κ2) is 5.34. The quantitative estimate of drug-likeness (QED) is 0.911. The molecule has 1 saturated carbocycles. The number of aromatic nitrogens is 3. The lowest BCUT2D eigenvalue weighted by Gasteiger charge is -2.06. The van der Waals surface area contributed by atoms with E-state index in [4.69, 9.17) is 0 Å². The van der Waals surface area contributed by atoms with E-state index in [1.54, 1.807) is 28.6 Å². The molecule has 1 N–H and O–H groups in total. The highest BCUT2D eigenvalue weighted by Crippen LogP contribution is 2.29. The average molecular weight is 278 g/mol. The maximum absolute atomic E-state index is 4.51. The predicted octanol–water partition coefficient (Wildman–Crippen LogP) is 2.64. The first-order valence-electron chi connectivity index (χ1n) is 5.94. The van der Waals surface area contributed by atoms with Gasteiger partial charge in [-0.3, -0.25) is 0 Å². The van der Waals surface area contributed by atoms with Gasteiger partial charge in [-0.2, -0.15) is 0 Å². The Kier molecular flexibility index (Phi) is 3.58. The van der Waals surface area contributed by atoms with Crippen molar-refractivity contribution in [3.63, 3.8) is 0 Å². The maximum atomic E-state index is 4.51. The van der Waals surface area contributed by atoms with Gasteiger partial charge >= 0.3 is 0 Å². The largest absolute Gasteiger partial charge is 0.310 e. The molecular weight excluding hydrogens is 264 g/mol. The molecule has 6 heteroatoms. The molecule has 18 heavy (non-hydrogen) atoms. The molecule has 2 heterocycles. The predicted molar refractivity (Wildman–Crippen MR) is 72.9 cm³/mol. The van der Waals surface area contributed by atoms with Gasteiger partial charge in [-0.1, -0.05) is 17.4 Å². The van der Waals surface area contributed by atoms with E-state index in [9.17, 15) is 0 Å². The fraction of sp³-hybridized carbons (Fsp3) is 0.417. The molecule has 0 spiro atoms. The van der Waals surface area contributed by atoms with Crippen molar-refractivity contribution in [2.24, 2.45) is 0 Å². The zero-order valence-electron chi connectivity index (χ0n) is 10.1. The molecule has 0 aromatic carbocycles. The van der Waals surface area contributed by atoms with Crippen LogP contribution in [-0.4, -0.2) is 21.2 Å². The molecule has 0 amide bonds. The summed E-state index contributed by atoms with van der Waals surface area (Å²) in [6.45, 7) is 3.01. The van der Waals surface area contributed by atoms with Gasteiger partial charge < -0.3 is 5.32 Å². The molecular formula is C12H14N4S2. The third-order valence-corrected chi connectivity index (χ3v) is 4.68. The second-order valence-electron chi connectivity index (χ2n) is 4.43. The molecule has 3 rings (SSSR count). The highest BCUT2D eigenvalue weighted by molar-refractivity contribution is 8.01. The van der Waals surface area contributed by atoms with Crippen LogP contribution in [0.25, 0.3) is 0 Å². The molecule has 2 aromatic heterocycles. The maximum Gasteiger partial charge on any atom is 0.180 e. The molecule has 0 atom stereocenters. The Morgan fingerprint density at radius 1 is 1.50 bits per heavy atom. The van der Waals surface area contributed by atoms with Gasteiger partial charge in [0.1, 0.15) is 10.5 Å². The highest BCUT2D eigenvalue weighted by Gasteiger charge is 2.20. The molecule has 1 aliphatic carbocycles. The standard InChI is InChI=1S/C12H14N4S2/c1-8-4-9(5-13-10-2-3-10)6-14-11(8)18-12-16-15-7-17-12/h4,6-7,10,13H,2-3,5H2,1H3. The Morgan fingerprint density at radius 2 is 2.39 bits per heavy atom. The van der Waals surface area contributed by atoms with E-state index in [1.807, 2.05) is 6.20 Å². The van der Waals surface area contributed by atoms with Crippen LogP contribution < -0.4 is 5.32 Å². The Labute approximate surface area is 114 Å². The fourth-order valence-electron chi connectivity index (χ4n) is 1.66. The van der Waals surface area contributed by atoms with Gasteiger partial charge in [0.2, 0.25) is 0 Å². The summed E-state index contributed by atoms with van der Waals surface area (Å²) in [7, 11) is 0. The summed E-state index contributed by atoms with van der Waals surface area (Å²) < 4.78 is 0.939. The van der Waals surface area contributed by atoms with Crippen molar-refractivity contribution in [1.82, 2.24) is 20.5 Å².